The third-order valence-electron chi connectivity index (χ3n) is 3.27. The van der Waals surface area contributed by atoms with E-state index in [9.17, 15) is 4.79 Å². The van der Waals surface area contributed by atoms with E-state index in [-0.39, 0.29) is 0 Å². The van der Waals surface area contributed by atoms with Crippen LogP contribution in [0.25, 0.3) is 0 Å². The second-order valence-corrected chi connectivity index (χ2v) is 5.41. The summed E-state index contributed by atoms with van der Waals surface area (Å²) in [6.07, 6.45) is 3.65. The molecule has 0 aliphatic rings. The van der Waals surface area contributed by atoms with E-state index in [1.807, 2.05) is 18.2 Å². The molecule has 1 rings (SSSR count). The molecule has 0 fully saturated rings. The lowest BCUT2D eigenvalue weighted by Gasteiger charge is -2.23. The van der Waals surface area contributed by atoms with Gasteiger partial charge in [0.25, 0.3) is 0 Å². The van der Waals surface area contributed by atoms with Crippen molar-refractivity contribution in [3.63, 3.8) is 0 Å². The minimum atomic E-state index is -1.10. The smallest absolute Gasteiger partial charge is 0.323 e. The number of carbonyl (C=O) groups is 1. The summed E-state index contributed by atoms with van der Waals surface area (Å²) < 4.78 is 0. The van der Waals surface area contributed by atoms with Gasteiger partial charge in [0.2, 0.25) is 0 Å². The molecule has 3 heteroatoms. The maximum absolute atomic E-state index is 10.9. The van der Waals surface area contributed by atoms with Gasteiger partial charge in [-0.25, -0.2) is 0 Å². The molecule has 0 aliphatic heterocycles. The van der Waals surface area contributed by atoms with Crippen LogP contribution in [0.2, 0.25) is 0 Å². The largest absolute Gasteiger partial charge is 0.480 e. The lowest BCUT2D eigenvalue weighted by Crippen LogP contribution is -2.46. The Labute approximate surface area is 109 Å². The average molecular weight is 249 g/mol. The summed E-state index contributed by atoms with van der Waals surface area (Å²) in [7, 11) is 0. The molecular weight excluding hydrogens is 226 g/mol. The maximum Gasteiger partial charge on any atom is 0.323 e. The molecule has 1 aromatic rings. The van der Waals surface area contributed by atoms with Crippen molar-refractivity contribution in [2.24, 2.45) is 11.7 Å². The predicted molar refractivity (Wildman–Crippen MR) is 73.4 cm³/mol. The Hall–Kier alpha value is -1.35. The predicted octanol–water partition coefficient (Wildman–Crippen LogP) is 2.84. The Morgan fingerprint density at radius 2 is 2.00 bits per heavy atom. The van der Waals surface area contributed by atoms with Gasteiger partial charge < -0.3 is 10.8 Å². The van der Waals surface area contributed by atoms with Crippen LogP contribution in [0, 0.1) is 5.92 Å². The van der Waals surface area contributed by atoms with Crippen LogP contribution >= 0.6 is 0 Å². The molecule has 1 aromatic carbocycles. The van der Waals surface area contributed by atoms with Gasteiger partial charge in [0.15, 0.2) is 0 Å². The highest BCUT2D eigenvalue weighted by atomic mass is 16.4. The van der Waals surface area contributed by atoms with Crippen molar-refractivity contribution in [2.75, 3.05) is 0 Å². The van der Waals surface area contributed by atoms with Crippen LogP contribution in [-0.2, 0) is 11.2 Å². The van der Waals surface area contributed by atoms with Crippen LogP contribution in [0.5, 0.6) is 0 Å². The third-order valence-corrected chi connectivity index (χ3v) is 3.27. The van der Waals surface area contributed by atoms with E-state index in [0.29, 0.717) is 12.3 Å². The van der Waals surface area contributed by atoms with E-state index in [0.717, 1.165) is 19.3 Å². The third kappa shape index (κ3) is 4.88. The molecule has 0 aliphatic carbocycles. The molecule has 0 bridgehead atoms. The van der Waals surface area contributed by atoms with Crippen LogP contribution in [0.3, 0.4) is 0 Å². The molecule has 0 aromatic heterocycles. The molecule has 3 N–H and O–H groups in total. The average Bonchev–Trinajstić information content (AvgIpc) is 2.29. The van der Waals surface area contributed by atoms with Crippen LogP contribution < -0.4 is 5.73 Å². The Morgan fingerprint density at radius 1 is 1.39 bits per heavy atom. The lowest BCUT2D eigenvalue weighted by atomic mass is 9.87. The number of hydrogen-bond donors (Lipinski definition) is 2. The Bertz CT molecular complexity index is 373. The standard InChI is InChI=1S/C15H23NO2/c1-12(11-15(2,16)14(17)18)7-6-10-13-8-4-3-5-9-13/h3-5,8-9,12H,6-7,10-11,16H2,1-2H3,(H,17,18)/t12-,15+/m0/s1. The molecule has 0 spiro atoms. The number of nitrogens with two attached hydrogens (primary N) is 1. The number of aliphatic carboxylic acids is 1. The number of aryl methyl sites for hydroxylation is 1. The zero-order valence-electron chi connectivity index (χ0n) is 11.2. The van der Waals surface area contributed by atoms with E-state index in [4.69, 9.17) is 10.8 Å². The Kier molecular flexibility index (Phi) is 5.35. The van der Waals surface area contributed by atoms with Crippen molar-refractivity contribution in [3.05, 3.63) is 35.9 Å². The topological polar surface area (TPSA) is 63.3 Å². The number of carboxylic acid groups (broad SMARTS) is 1. The van der Waals surface area contributed by atoms with Crippen molar-refractivity contribution in [1.82, 2.24) is 0 Å². The second kappa shape index (κ2) is 6.55. The highest BCUT2D eigenvalue weighted by molar-refractivity contribution is 5.77. The number of hydrogen-bond acceptors (Lipinski definition) is 2. The van der Waals surface area contributed by atoms with E-state index in [1.165, 1.54) is 5.56 Å². The summed E-state index contributed by atoms with van der Waals surface area (Å²) >= 11 is 0. The van der Waals surface area contributed by atoms with Gasteiger partial charge in [0, 0.05) is 0 Å². The van der Waals surface area contributed by atoms with E-state index >= 15 is 0 Å². The fourth-order valence-corrected chi connectivity index (χ4v) is 2.21. The van der Waals surface area contributed by atoms with Gasteiger partial charge in [0.05, 0.1) is 0 Å². The molecule has 18 heavy (non-hydrogen) atoms. The first-order valence-electron chi connectivity index (χ1n) is 6.48. The van der Waals surface area contributed by atoms with Crippen LogP contribution in [0.4, 0.5) is 0 Å². The van der Waals surface area contributed by atoms with Gasteiger partial charge in [-0.2, -0.15) is 0 Å². The molecule has 0 saturated heterocycles. The monoisotopic (exact) mass is 249 g/mol. The molecule has 0 heterocycles. The van der Waals surface area contributed by atoms with Gasteiger partial charge in [-0.3, -0.25) is 4.79 Å². The van der Waals surface area contributed by atoms with Crippen LogP contribution in [0.15, 0.2) is 30.3 Å². The van der Waals surface area contributed by atoms with Crippen molar-refractivity contribution in [2.45, 2.75) is 45.1 Å². The SMILES string of the molecule is C[C@@H](CCCc1ccccc1)C[C@@](C)(N)C(=O)O. The molecule has 0 radical (unpaired) electrons. The molecule has 2 atom stereocenters. The van der Waals surface area contributed by atoms with Crippen molar-refractivity contribution >= 4 is 5.97 Å². The van der Waals surface area contributed by atoms with Gasteiger partial charge in [-0.05, 0) is 37.7 Å². The van der Waals surface area contributed by atoms with Crippen molar-refractivity contribution in [3.8, 4) is 0 Å². The fraction of sp³-hybridized carbons (Fsp3) is 0.533. The number of rotatable bonds is 7. The fourth-order valence-electron chi connectivity index (χ4n) is 2.21. The summed E-state index contributed by atoms with van der Waals surface area (Å²) in [6.45, 7) is 3.65. The van der Waals surface area contributed by atoms with Gasteiger partial charge >= 0.3 is 5.97 Å². The van der Waals surface area contributed by atoms with Crippen LogP contribution in [0.1, 0.15) is 38.7 Å². The Morgan fingerprint density at radius 3 is 2.56 bits per heavy atom. The summed E-state index contributed by atoms with van der Waals surface area (Å²) in [4.78, 5) is 10.9. The highest BCUT2D eigenvalue weighted by Gasteiger charge is 2.29. The molecule has 100 valence electrons. The summed E-state index contributed by atoms with van der Waals surface area (Å²) in [5.41, 5.74) is 5.97. The number of carboxylic acids is 1. The molecule has 0 amide bonds. The quantitative estimate of drug-likeness (QED) is 0.781. The zero-order valence-corrected chi connectivity index (χ0v) is 11.2. The van der Waals surface area contributed by atoms with E-state index in [1.54, 1.807) is 6.92 Å². The normalized spacial score (nSPS) is 15.9. The van der Waals surface area contributed by atoms with E-state index in [2.05, 4.69) is 19.1 Å². The lowest BCUT2D eigenvalue weighted by molar-refractivity contribution is -0.143. The minimum absolute atomic E-state index is 0.333. The highest BCUT2D eigenvalue weighted by Crippen LogP contribution is 2.20. The van der Waals surface area contributed by atoms with Gasteiger partial charge in [0.1, 0.15) is 5.54 Å². The maximum atomic E-state index is 10.9. The second-order valence-electron chi connectivity index (χ2n) is 5.41. The molecular formula is C15H23NO2. The summed E-state index contributed by atoms with van der Waals surface area (Å²) in [6, 6.07) is 10.3. The molecule has 0 saturated carbocycles. The molecule has 0 unspecified atom stereocenters. The first-order valence-corrected chi connectivity index (χ1v) is 6.48. The van der Waals surface area contributed by atoms with Crippen molar-refractivity contribution < 1.29 is 9.90 Å². The van der Waals surface area contributed by atoms with Crippen molar-refractivity contribution in [1.29, 1.82) is 0 Å². The summed E-state index contributed by atoms with van der Waals surface area (Å²) in [5.74, 6) is -0.586. The minimum Gasteiger partial charge on any atom is -0.480 e. The van der Waals surface area contributed by atoms with Gasteiger partial charge in [-0.15, -0.1) is 0 Å². The van der Waals surface area contributed by atoms with Crippen LogP contribution in [-0.4, -0.2) is 16.6 Å². The number of benzene rings is 1. The first-order chi connectivity index (χ1) is 8.42. The first kappa shape index (κ1) is 14.7. The Balaban J connectivity index is 2.30. The summed E-state index contributed by atoms with van der Waals surface area (Å²) in [5, 5.41) is 8.97. The molecule has 3 nitrogen and oxygen atoms in total. The van der Waals surface area contributed by atoms with Gasteiger partial charge in [-0.1, -0.05) is 43.7 Å². The zero-order chi connectivity index (χ0) is 13.6. The van der Waals surface area contributed by atoms with E-state index < -0.39 is 11.5 Å².